The van der Waals surface area contributed by atoms with Crippen LogP contribution in [-0.4, -0.2) is 4.98 Å². The molecule has 1 heterocycles. The zero-order valence-corrected chi connectivity index (χ0v) is 13.4. The minimum atomic E-state index is 0.695. The third kappa shape index (κ3) is 2.85. The second-order valence-corrected chi connectivity index (χ2v) is 5.93. The molecule has 0 amide bonds. The molecule has 0 spiro atoms. The Morgan fingerprint density at radius 1 is 1.00 bits per heavy atom. The molecule has 0 saturated heterocycles. The molecule has 4 heteroatoms. The molecule has 0 saturated carbocycles. The molecule has 21 heavy (non-hydrogen) atoms. The lowest BCUT2D eigenvalue weighted by Crippen LogP contribution is -1.93. The number of halogens is 1. The lowest BCUT2D eigenvalue weighted by atomic mass is 10.1. The second-order valence-electron chi connectivity index (χ2n) is 5.07. The summed E-state index contributed by atoms with van der Waals surface area (Å²) in [6.45, 7) is 3.99. The van der Waals surface area contributed by atoms with Crippen LogP contribution in [0.25, 0.3) is 10.9 Å². The van der Waals surface area contributed by atoms with Crippen LogP contribution in [0.15, 0.2) is 46.9 Å². The largest absolute Gasteiger partial charge is 0.455 e. The monoisotopic (exact) mass is 342 g/mol. The van der Waals surface area contributed by atoms with Gasteiger partial charge in [0.2, 0.25) is 0 Å². The van der Waals surface area contributed by atoms with Crippen molar-refractivity contribution in [2.24, 2.45) is 0 Å². The van der Waals surface area contributed by atoms with E-state index in [1.807, 2.05) is 56.3 Å². The molecule has 2 aromatic carbocycles. The first-order valence-electron chi connectivity index (χ1n) is 6.64. The number of benzene rings is 2. The Morgan fingerprint density at radius 3 is 2.57 bits per heavy atom. The van der Waals surface area contributed by atoms with Crippen molar-refractivity contribution in [1.29, 1.82) is 0 Å². The maximum atomic E-state index is 6.07. The van der Waals surface area contributed by atoms with Crippen molar-refractivity contribution in [3.05, 3.63) is 58.2 Å². The van der Waals surface area contributed by atoms with Crippen molar-refractivity contribution in [1.82, 2.24) is 4.98 Å². The van der Waals surface area contributed by atoms with E-state index in [1.165, 1.54) is 5.56 Å². The van der Waals surface area contributed by atoms with Crippen LogP contribution < -0.4 is 10.5 Å². The maximum Gasteiger partial charge on any atom is 0.141 e. The number of nitrogens with zero attached hydrogens (tertiary/aromatic N) is 1. The highest BCUT2D eigenvalue weighted by Gasteiger charge is 2.09. The van der Waals surface area contributed by atoms with Crippen molar-refractivity contribution >= 4 is 32.5 Å². The third-order valence-electron chi connectivity index (χ3n) is 3.23. The number of hydrogen-bond acceptors (Lipinski definition) is 3. The van der Waals surface area contributed by atoms with Crippen LogP contribution in [-0.2, 0) is 0 Å². The Balaban J connectivity index is 2.13. The summed E-state index contributed by atoms with van der Waals surface area (Å²) in [4.78, 5) is 4.51. The topological polar surface area (TPSA) is 48.1 Å². The van der Waals surface area contributed by atoms with Gasteiger partial charge in [0.1, 0.15) is 11.5 Å². The number of nitrogens with two attached hydrogens (primary N) is 1. The molecule has 0 bridgehead atoms. The quantitative estimate of drug-likeness (QED) is 0.667. The van der Waals surface area contributed by atoms with Gasteiger partial charge < -0.3 is 10.5 Å². The number of ether oxygens (including phenoxy) is 1. The van der Waals surface area contributed by atoms with E-state index >= 15 is 0 Å². The van der Waals surface area contributed by atoms with Gasteiger partial charge in [0, 0.05) is 22.8 Å². The van der Waals surface area contributed by atoms with E-state index in [2.05, 4.69) is 20.9 Å². The molecule has 0 aliphatic heterocycles. The van der Waals surface area contributed by atoms with E-state index in [9.17, 15) is 0 Å². The summed E-state index contributed by atoms with van der Waals surface area (Å²) in [5, 5.41) is 0.910. The fraction of sp³-hybridized carbons (Fsp3) is 0.118. The Morgan fingerprint density at radius 2 is 1.81 bits per heavy atom. The average molecular weight is 343 g/mol. The van der Waals surface area contributed by atoms with E-state index < -0.39 is 0 Å². The molecular weight excluding hydrogens is 328 g/mol. The van der Waals surface area contributed by atoms with Gasteiger partial charge in [-0.15, -0.1) is 0 Å². The van der Waals surface area contributed by atoms with Gasteiger partial charge in [-0.3, -0.25) is 4.98 Å². The van der Waals surface area contributed by atoms with Crippen LogP contribution in [0, 0.1) is 13.8 Å². The van der Waals surface area contributed by atoms with Gasteiger partial charge in [-0.1, -0.05) is 6.07 Å². The minimum Gasteiger partial charge on any atom is -0.455 e. The molecule has 0 unspecified atom stereocenters. The zero-order chi connectivity index (χ0) is 15.0. The van der Waals surface area contributed by atoms with Gasteiger partial charge in [0.25, 0.3) is 0 Å². The molecule has 3 nitrogen and oxygen atoms in total. The standard InChI is InChI=1S/C17H15BrN2O/c1-10-3-6-16(14(18)7-10)21-17-8-11(2)20-15-5-4-12(19)9-13(15)17/h3-9H,19H2,1-2H3. The molecular formula is C17H15BrN2O. The van der Waals surface area contributed by atoms with Gasteiger partial charge in [-0.25, -0.2) is 0 Å². The van der Waals surface area contributed by atoms with Crippen molar-refractivity contribution in [2.75, 3.05) is 5.73 Å². The zero-order valence-electron chi connectivity index (χ0n) is 11.9. The van der Waals surface area contributed by atoms with Crippen LogP contribution in [0.1, 0.15) is 11.3 Å². The number of aromatic nitrogens is 1. The lowest BCUT2D eigenvalue weighted by Gasteiger charge is -2.12. The number of nitrogen functional groups attached to an aromatic ring is 1. The highest BCUT2D eigenvalue weighted by molar-refractivity contribution is 9.10. The average Bonchev–Trinajstić information content (AvgIpc) is 2.42. The summed E-state index contributed by atoms with van der Waals surface area (Å²) in [6.07, 6.45) is 0. The first-order chi connectivity index (χ1) is 10.0. The van der Waals surface area contributed by atoms with Crippen LogP contribution in [0.2, 0.25) is 0 Å². The van der Waals surface area contributed by atoms with Crippen LogP contribution >= 0.6 is 15.9 Å². The first-order valence-corrected chi connectivity index (χ1v) is 7.43. The van der Waals surface area contributed by atoms with E-state index in [4.69, 9.17) is 10.5 Å². The fourth-order valence-electron chi connectivity index (χ4n) is 2.23. The van der Waals surface area contributed by atoms with Gasteiger partial charge in [0.05, 0.1) is 9.99 Å². The molecule has 0 fully saturated rings. The Kier molecular flexibility index (Phi) is 3.55. The van der Waals surface area contributed by atoms with E-state index in [0.29, 0.717) is 5.69 Å². The molecule has 0 atom stereocenters. The molecule has 0 aliphatic rings. The normalized spacial score (nSPS) is 10.8. The van der Waals surface area contributed by atoms with Crippen molar-refractivity contribution < 1.29 is 4.74 Å². The van der Waals surface area contributed by atoms with E-state index in [0.717, 1.165) is 32.6 Å². The van der Waals surface area contributed by atoms with Gasteiger partial charge in [-0.2, -0.15) is 0 Å². The molecule has 106 valence electrons. The number of anilines is 1. The number of pyridine rings is 1. The Labute approximate surface area is 131 Å². The minimum absolute atomic E-state index is 0.695. The van der Waals surface area contributed by atoms with Crippen molar-refractivity contribution in [3.63, 3.8) is 0 Å². The SMILES string of the molecule is Cc1ccc(Oc2cc(C)nc3ccc(N)cc23)c(Br)c1. The van der Waals surface area contributed by atoms with Crippen molar-refractivity contribution in [3.8, 4) is 11.5 Å². The molecule has 1 aromatic heterocycles. The van der Waals surface area contributed by atoms with Gasteiger partial charge in [0.15, 0.2) is 0 Å². The van der Waals surface area contributed by atoms with E-state index in [1.54, 1.807) is 0 Å². The maximum absolute atomic E-state index is 6.07. The predicted octanol–water partition coefficient (Wildman–Crippen LogP) is 4.99. The first kappa shape index (κ1) is 13.9. The summed E-state index contributed by atoms with van der Waals surface area (Å²) in [7, 11) is 0. The summed E-state index contributed by atoms with van der Waals surface area (Å²) in [5.41, 5.74) is 9.54. The number of rotatable bonds is 2. The lowest BCUT2D eigenvalue weighted by molar-refractivity contribution is 0.484. The third-order valence-corrected chi connectivity index (χ3v) is 3.85. The van der Waals surface area contributed by atoms with Gasteiger partial charge in [-0.05, 0) is 65.7 Å². The Hall–Kier alpha value is -2.07. The van der Waals surface area contributed by atoms with Crippen LogP contribution in [0.3, 0.4) is 0 Å². The number of aryl methyl sites for hydroxylation is 2. The summed E-state index contributed by atoms with van der Waals surface area (Å²) >= 11 is 3.54. The molecule has 3 rings (SSSR count). The van der Waals surface area contributed by atoms with E-state index in [-0.39, 0.29) is 0 Å². The fourth-order valence-corrected chi connectivity index (χ4v) is 2.80. The van der Waals surface area contributed by atoms with Crippen molar-refractivity contribution in [2.45, 2.75) is 13.8 Å². The van der Waals surface area contributed by atoms with Crippen LogP contribution in [0.4, 0.5) is 5.69 Å². The molecule has 0 radical (unpaired) electrons. The molecule has 0 aliphatic carbocycles. The highest BCUT2D eigenvalue weighted by atomic mass is 79.9. The summed E-state index contributed by atoms with van der Waals surface area (Å²) < 4.78 is 7.00. The predicted molar refractivity (Wildman–Crippen MR) is 89.8 cm³/mol. The Bertz CT molecular complexity index is 830. The molecule has 2 N–H and O–H groups in total. The second kappa shape index (κ2) is 5.37. The number of hydrogen-bond donors (Lipinski definition) is 1. The van der Waals surface area contributed by atoms with Crippen LogP contribution in [0.5, 0.6) is 11.5 Å². The molecule has 3 aromatic rings. The highest BCUT2D eigenvalue weighted by Crippen LogP contribution is 2.35. The smallest absolute Gasteiger partial charge is 0.141 e. The summed E-state index contributed by atoms with van der Waals surface area (Å²) in [6, 6.07) is 13.6. The summed E-state index contributed by atoms with van der Waals surface area (Å²) in [5.74, 6) is 1.53. The number of fused-ring (bicyclic) bond motifs is 1. The van der Waals surface area contributed by atoms with Gasteiger partial charge >= 0.3 is 0 Å².